The number of nitrogen functional groups attached to an aromatic ring is 1. The molecule has 0 spiro atoms. The van der Waals surface area contributed by atoms with Gasteiger partial charge in [0.15, 0.2) is 0 Å². The number of anilines is 2. The van der Waals surface area contributed by atoms with Gasteiger partial charge in [-0.1, -0.05) is 0 Å². The Morgan fingerprint density at radius 2 is 1.89 bits per heavy atom. The van der Waals surface area contributed by atoms with Gasteiger partial charge in [-0.05, 0) is 45.0 Å². The summed E-state index contributed by atoms with van der Waals surface area (Å²) in [6.07, 6.45) is -0.597. The number of rotatable bonds is 5. The number of hydrogen-bond acceptors (Lipinski definition) is 5. The predicted molar refractivity (Wildman–Crippen MR) is 74.7 cm³/mol. The predicted octanol–water partition coefficient (Wildman–Crippen LogP) is 2.14. The van der Waals surface area contributed by atoms with E-state index >= 15 is 0 Å². The number of ether oxygens (including phenoxy) is 1. The third-order valence-electron chi connectivity index (χ3n) is 2.00. The number of nitrogens with two attached hydrogens (primary N) is 1. The van der Waals surface area contributed by atoms with Gasteiger partial charge in [-0.3, -0.25) is 4.84 Å². The molecule has 0 aromatic heterocycles. The average molecular weight is 267 g/mol. The summed E-state index contributed by atoms with van der Waals surface area (Å²) in [4.78, 5) is 16.2. The van der Waals surface area contributed by atoms with Crippen molar-refractivity contribution in [2.75, 3.05) is 24.2 Å². The molecule has 1 amide bonds. The van der Waals surface area contributed by atoms with Crippen LogP contribution >= 0.6 is 0 Å². The monoisotopic (exact) mass is 267 g/mol. The van der Waals surface area contributed by atoms with Crippen LogP contribution in [-0.4, -0.2) is 24.8 Å². The van der Waals surface area contributed by atoms with Gasteiger partial charge in [-0.15, -0.1) is 0 Å². The number of carbonyl (C=O) groups excluding carboxylic acids is 1. The molecule has 0 atom stereocenters. The van der Waals surface area contributed by atoms with Crippen LogP contribution in [0.5, 0.6) is 0 Å². The summed E-state index contributed by atoms with van der Waals surface area (Å²) in [6.45, 7) is 6.24. The minimum Gasteiger partial charge on any atom is -0.442 e. The van der Waals surface area contributed by atoms with Gasteiger partial charge in [0, 0.05) is 17.9 Å². The van der Waals surface area contributed by atoms with Crippen LogP contribution in [-0.2, 0) is 9.57 Å². The first-order chi connectivity index (χ1) is 8.87. The van der Waals surface area contributed by atoms with Crippen molar-refractivity contribution < 1.29 is 14.4 Å². The minimum absolute atomic E-state index is 0.323. The molecule has 1 aromatic rings. The zero-order valence-corrected chi connectivity index (χ0v) is 11.5. The van der Waals surface area contributed by atoms with E-state index in [9.17, 15) is 4.79 Å². The van der Waals surface area contributed by atoms with Crippen molar-refractivity contribution in [3.63, 3.8) is 0 Å². The van der Waals surface area contributed by atoms with Crippen LogP contribution in [0.1, 0.15) is 20.8 Å². The number of hydroxylamine groups is 1. The highest BCUT2D eigenvalue weighted by atomic mass is 16.7. The number of carbonyl (C=O) groups is 1. The number of benzene rings is 1. The lowest BCUT2D eigenvalue weighted by atomic mass is 10.2. The van der Waals surface area contributed by atoms with Crippen LogP contribution in [0.25, 0.3) is 0 Å². The van der Waals surface area contributed by atoms with Gasteiger partial charge >= 0.3 is 6.09 Å². The Morgan fingerprint density at radius 1 is 1.26 bits per heavy atom. The van der Waals surface area contributed by atoms with Gasteiger partial charge < -0.3 is 15.8 Å². The maximum atomic E-state index is 11.2. The first-order valence-corrected chi connectivity index (χ1v) is 6.07. The van der Waals surface area contributed by atoms with Crippen molar-refractivity contribution in [3.8, 4) is 0 Å². The van der Waals surface area contributed by atoms with Gasteiger partial charge in [-0.25, -0.2) is 4.79 Å². The van der Waals surface area contributed by atoms with E-state index in [1.165, 1.54) is 0 Å². The summed E-state index contributed by atoms with van der Waals surface area (Å²) < 4.78 is 5.01. The van der Waals surface area contributed by atoms with E-state index in [2.05, 4.69) is 10.8 Å². The number of nitrogens with one attached hydrogen (secondary N) is 2. The molecule has 0 heterocycles. The Labute approximate surface area is 113 Å². The molecule has 0 aliphatic heterocycles. The van der Waals surface area contributed by atoms with Crippen LogP contribution in [0.4, 0.5) is 16.2 Å². The Kier molecular flexibility index (Phi) is 5.44. The van der Waals surface area contributed by atoms with Crippen molar-refractivity contribution in [2.45, 2.75) is 26.4 Å². The maximum Gasteiger partial charge on any atom is 0.431 e. The minimum atomic E-state index is -0.597. The van der Waals surface area contributed by atoms with Crippen LogP contribution < -0.4 is 16.5 Å². The van der Waals surface area contributed by atoms with Gasteiger partial charge in [0.2, 0.25) is 0 Å². The lowest BCUT2D eigenvalue weighted by Gasteiger charge is -2.19. The van der Waals surface area contributed by atoms with Crippen LogP contribution in [0.2, 0.25) is 0 Å². The molecule has 0 saturated heterocycles. The van der Waals surface area contributed by atoms with Crippen molar-refractivity contribution >= 4 is 17.5 Å². The standard InChI is InChI=1S/C13H21N3O3/c1-13(2,3)19-12(17)16-18-9-8-15-11-6-4-10(14)5-7-11/h4-7,15H,8-9,14H2,1-3H3,(H,16,17). The summed E-state index contributed by atoms with van der Waals surface area (Å²) in [7, 11) is 0. The van der Waals surface area contributed by atoms with Gasteiger partial charge in [0.1, 0.15) is 5.60 Å². The molecule has 0 aliphatic rings. The molecule has 0 bridgehead atoms. The van der Waals surface area contributed by atoms with Crippen molar-refractivity contribution in [3.05, 3.63) is 24.3 Å². The highest BCUT2D eigenvalue weighted by molar-refractivity contribution is 5.66. The lowest BCUT2D eigenvalue weighted by Crippen LogP contribution is -2.33. The van der Waals surface area contributed by atoms with E-state index in [1.54, 1.807) is 20.8 Å². The summed E-state index contributed by atoms with van der Waals surface area (Å²) in [6, 6.07) is 7.36. The second-order valence-corrected chi connectivity index (χ2v) is 5.00. The average Bonchev–Trinajstić information content (AvgIpc) is 2.29. The molecule has 4 N–H and O–H groups in total. The second kappa shape index (κ2) is 6.84. The second-order valence-electron chi connectivity index (χ2n) is 5.00. The summed E-state index contributed by atoms with van der Waals surface area (Å²) in [5.74, 6) is 0. The smallest absolute Gasteiger partial charge is 0.431 e. The van der Waals surface area contributed by atoms with E-state index in [0.29, 0.717) is 18.8 Å². The molecule has 6 heteroatoms. The first-order valence-electron chi connectivity index (χ1n) is 6.07. The van der Waals surface area contributed by atoms with Crippen LogP contribution in [0.15, 0.2) is 24.3 Å². The van der Waals surface area contributed by atoms with Crippen LogP contribution in [0, 0.1) is 0 Å². The van der Waals surface area contributed by atoms with Crippen molar-refractivity contribution in [2.24, 2.45) is 0 Å². The van der Waals surface area contributed by atoms with Crippen LogP contribution in [0.3, 0.4) is 0 Å². The van der Waals surface area contributed by atoms with E-state index in [1.807, 2.05) is 24.3 Å². The third-order valence-corrected chi connectivity index (χ3v) is 2.00. The molecule has 1 rings (SSSR count). The van der Waals surface area contributed by atoms with E-state index in [0.717, 1.165) is 5.69 Å². The topological polar surface area (TPSA) is 85.6 Å². The molecule has 6 nitrogen and oxygen atoms in total. The summed E-state index contributed by atoms with van der Waals surface area (Å²) >= 11 is 0. The number of hydrogen-bond donors (Lipinski definition) is 3. The highest BCUT2D eigenvalue weighted by Gasteiger charge is 2.15. The molecule has 0 radical (unpaired) electrons. The van der Waals surface area contributed by atoms with Crippen molar-refractivity contribution in [1.82, 2.24) is 5.48 Å². The molecule has 19 heavy (non-hydrogen) atoms. The zero-order valence-electron chi connectivity index (χ0n) is 11.5. The molecule has 0 saturated carbocycles. The van der Waals surface area contributed by atoms with E-state index in [4.69, 9.17) is 15.3 Å². The highest BCUT2D eigenvalue weighted by Crippen LogP contribution is 2.09. The Balaban J connectivity index is 2.11. The van der Waals surface area contributed by atoms with Gasteiger partial charge in [0.05, 0.1) is 6.61 Å². The lowest BCUT2D eigenvalue weighted by molar-refractivity contribution is -0.00487. The van der Waals surface area contributed by atoms with E-state index in [-0.39, 0.29) is 0 Å². The maximum absolute atomic E-state index is 11.2. The quantitative estimate of drug-likeness (QED) is 0.432. The SMILES string of the molecule is CC(C)(C)OC(=O)NOCCNc1ccc(N)cc1. The largest absolute Gasteiger partial charge is 0.442 e. The molecule has 0 fully saturated rings. The number of amides is 1. The normalized spacial score (nSPS) is 10.9. The molecule has 0 aliphatic carbocycles. The zero-order chi connectivity index (χ0) is 14.3. The van der Waals surface area contributed by atoms with Gasteiger partial charge in [-0.2, -0.15) is 5.48 Å². The Hall–Kier alpha value is -1.95. The molecule has 0 unspecified atom stereocenters. The van der Waals surface area contributed by atoms with Gasteiger partial charge in [0.25, 0.3) is 0 Å². The fourth-order valence-electron chi connectivity index (χ4n) is 1.26. The Morgan fingerprint density at radius 3 is 2.47 bits per heavy atom. The third kappa shape index (κ3) is 7.15. The fourth-order valence-corrected chi connectivity index (χ4v) is 1.26. The Bertz CT molecular complexity index is 399. The molecular formula is C13H21N3O3. The molecule has 1 aromatic carbocycles. The molecular weight excluding hydrogens is 246 g/mol. The van der Waals surface area contributed by atoms with Crippen molar-refractivity contribution in [1.29, 1.82) is 0 Å². The fraction of sp³-hybridized carbons (Fsp3) is 0.462. The molecule has 106 valence electrons. The van der Waals surface area contributed by atoms with E-state index < -0.39 is 11.7 Å². The first kappa shape index (κ1) is 15.1. The summed E-state index contributed by atoms with van der Waals surface area (Å²) in [5, 5.41) is 3.12. The summed E-state index contributed by atoms with van der Waals surface area (Å²) in [5.41, 5.74) is 8.91.